The summed E-state index contributed by atoms with van der Waals surface area (Å²) in [7, 11) is 0. The number of nitrogens with one attached hydrogen (secondary N) is 1. The fourth-order valence-electron chi connectivity index (χ4n) is 1.87. The van der Waals surface area contributed by atoms with Crippen molar-refractivity contribution in [3.8, 4) is 0 Å². The Kier molecular flexibility index (Phi) is 2.39. The van der Waals surface area contributed by atoms with E-state index in [1.165, 1.54) is 4.90 Å². The van der Waals surface area contributed by atoms with Crippen LogP contribution in [0, 0.1) is 0 Å². The van der Waals surface area contributed by atoms with Crippen molar-refractivity contribution in [3.05, 3.63) is 0 Å². The second-order valence-electron chi connectivity index (χ2n) is 3.41. The molecule has 0 bridgehead atoms. The molecule has 2 N–H and O–H groups in total. The molecule has 0 aromatic heterocycles. The Balaban J connectivity index is 1.94. The number of urea groups is 1. The van der Waals surface area contributed by atoms with Crippen LogP contribution in [-0.4, -0.2) is 53.8 Å². The highest BCUT2D eigenvalue weighted by Crippen LogP contribution is 2.23. The number of ether oxygens (including phenoxy) is 1. The molecule has 6 nitrogen and oxygen atoms in total. The van der Waals surface area contributed by atoms with E-state index in [9.17, 15) is 9.59 Å². The van der Waals surface area contributed by atoms with E-state index in [0.29, 0.717) is 13.0 Å². The minimum absolute atomic E-state index is 0.0404. The van der Waals surface area contributed by atoms with Crippen molar-refractivity contribution >= 4 is 11.9 Å². The number of amides is 3. The molecule has 2 heterocycles. The molecule has 2 aliphatic rings. The second kappa shape index (κ2) is 3.55. The van der Waals surface area contributed by atoms with Crippen molar-refractivity contribution in [2.24, 2.45) is 0 Å². The highest BCUT2D eigenvalue weighted by Gasteiger charge is 2.45. The Morgan fingerprint density at radius 3 is 3.00 bits per heavy atom. The highest BCUT2D eigenvalue weighted by atomic mass is 16.5. The van der Waals surface area contributed by atoms with Gasteiger partial charge in [-0.2, -0.15) is 0 Å². The smallest absolute Gasteiger partial charge is 0.324 e. The van der Waals surface area contributed by atoms with E-state index in [-0.39, 0.29) is 37.3 Å². The SMILES string of the molecule is O=C1NC(=O)N2C[C@H](OCCO)C[C@@H]12. The van der Waals surface area contributed by atoms with Gasteiger partial charge in [0, 0.05) is 13.0 Å². The largest absolute Gasteiger partial charge is 0.394 e. The molecule has 6 heteroatoms. The summed E-state index contributed by atoms with van der Waals surface area (Å²) in [4.78, 5) is 23.9. The van der Waals surface area contributed by atoms with E-state index in [4.69, 9.17) is 9.84 Å². The monoisotopic (exact) mass is 200 g/mol. The predicted molar refractivity (Wildman–Crippen MR) is 45.5 cm³/mol. The van der Waals surface area contributed by atoms with Crippen LogP contribution in [0.15, 0.2) is 0 Å². The fraction of sp³-hybridized carbons (Fsp3) is 0.750. The summed E-state index contributed by atoms with van der Waals surface area (Å²) >= 11 is 0. The topological polar surface area (TPSA) is 78.9 Å². The van der Waals surface area contributed by atoms with Gasteiger partial charge >= 0.3 is 6.03 Å². The normalized spacial score (nSPS) is 30.8. The lowest BCUT2D eigenvalue weighted by Gasteiger charge is -2.12. The van der Waals surface area contributed by atoms with Gasteiger partial charge < -0.3 is 14.7 Å². The molecule has 2 aliphatic heterocycles. The van der Waals surface area contributed by atoms with Crippen LogP contribution in [0.25, 0.3) is 0 Å². The zero-order valence-electron chi connectivity index (χ0n) is 7.60. The highest BCUT2D eigenvalue weighted by molar-refractivity contribution is 6.04. The molecule has 0 aromatic rings. The first-order valence-electron chi connectivity index (χ1n) is 4.56. The third-order valence-corrected chi connectivity index (χ3v) is 2.50. The van der Waals surface area contributed by atoms with Gasteiger partial charge in [-0.3, -0.25) is 10.1 Å². The number of carbonyl (C=O) groups is 2. The average Bonchev–Trinajstić information content (AvgIpc) is 2.67. The first-order chi connectivity index (χ1) is 6.72. The minimum atomic E-state index is -0.369. The summed E-state index contributed by atoms with van der Waals surface area (Å²) in [6.45, 7) is 0.643. The van der Waals surface area contributed by atoms with Crippen LogP contribution in [0.1, 0.15) is 6.42 Å². The first kappa shape index (κ1) is 9.42. The molecule has 2 atom stereocenters. The molecule has 2 fully saturated rings. The summed E-state index contributed by atoms with van der Waals surface area (Å²) in [6, 6.07) is -0.707. The minimum Gasteiger partial charge on any atom is -0.394 e. The number of nitrogens with zero attached hydrogens (tertiary/aromatic N) is 1. The summed E-state index contributed by atoms with van der Waals surface area (Å²) in [5.74, 6) is -0.245. The van der Waals surface area contributed by atoms with Crippen LogP contribution in [0.2, 0.25) is 0 Å². The standard InChI is InChI=1S/C8H12N2O4/c11-1-2-14-5-3-6-7(12)9-8(13)10(6)4-5/h5-6,11H,1-4H2,(H,9,12,13)/t5-,6+/m1/s1. The molecule has 0 aromatic carbocycles. The Hall–Kier alpha value is -1.14. The van der Waals surface area contributed by atoms with E-state index in [1.807, 2.05) is 0 Å². The summed E-state index contributed by atoms with van der Waals surface area (Å²) in [6.07, 6.45) is 0.402. The number of hydrogen-bond acceptors (Lipinski definition) is 4. The maximum atomic E-state index is 11.2. The lowest BCUT2D eigenvalue weighted by atomic mass is 10.2. The van der Waals surface area contributed by atoms with Crippen molar-refractivity contribution < 1.29 is 19.4 Å². The predicted octanol–water partition coefficient (Wildman–Crippen LogP) is -1.31. The van der Waals surface area contributed by atoms with Gasteiger partial charge in [0.1, 0.15) is 6.04 Å². The molecule has 0 unspecified atom stereocenters. The van der Waals surface area contributed by atoms with Crippen LogP contribution in [0.5, 0.6) is 0 Å². The van der Waals surface area contributed by atoms with E-state index in [0.717, 1.165) is 0 Å². The van der Waals surface area contributed by atoms with Gasteiger partial charge in [-0.05, 0) is 0 Å². The Morgan fingerprint density at radius 1 is 1.57 bits per heavy atom. The maximum Gasteiger partial charge on any atom is 0.324 e. The second-order valence-corrected chi connectivity index (χ2v) is 3.41. The lowest BCUT2D eigenvalue weighted by Crippen LogP contribution is -2.31. The molecular weight excluding hydrogens is 188 g/mol. The molecule has 78 valence electrons. The zero-order chi connectivity index (χ0) is 10.1. The molecule has 0 aliphatic carbocycles. The third-order valence-electron chi connectivity index (χ3n) is 2.50. The zero-order valence-corrected chi connectivity index (χ0v) is 7.60. The van der Waals surface area contributed by atoms with Crippen LogP contribution in [-0.2, 0) is 9.53 Å². The van der Waals surface area contributed by atoms with Gasteiger partial charge in [0.2, 0.25) is 0 Å². The average molecular weight is 200 g/mol. The summed E-state index contributed by atoms with van der Waals surface area (Å²) in [5, 5.41) is 10.8. The summed E-state index contributed by atoms with van der Waals surface area (Å²) < 4.78 is 5.26. The van der Waals surface area contributed by atoms with Crippen LogP contribution >= 0.6 is 0 Å². The van der Waals surface area contributed by atoms with Gasteiger partial charge in [0.15, 0.2) is 0 Å². The molecule has 2 saturated heterocycles. The van der Waals surface area contributed by atoms with Crippen molar-refractivity contribution in [2.75, 3.05) is 19.8 Å². The number of aliphatic hydroxyl groups excluding tert-OH is 1. The van der Waals surface area contributed by atoms with Crippen molar-refractivity contribution in [1.29, 1.82) is 0 Å². The van der Waals surface area contributed by atoms with Gasteiger partial charge in [-0.1, -0.05) is 0 Å². The lowest BCUT2D eigenvalue weighted by molar-refractivity contribution is -0.121. The van der Waals surface area contributed by atoms with Gasteiger partial charge in [-0.25, -0.2) is 4.79 Å². The van der Waals surface area contributed by atoms with Crippen molar-refractivity contribution in [3.63, 3.8) is 0 Å². The quantitative estimate of drug-likeness (QED) is 0.554. The molecule has 3 amide bonds. The number of aliphatic hydroxyl groups is 1. The van der Waals surface area contributed by atoms with E-state index < -0.39 is 0 Å². The fourth-order valence-corrected chi connectivity index (χ4v) is 1.87. The van der Waals surface area contributed by atoms with Gasteiger partial charge in [0.05, 0.1) is 19.3 Å². The molecule has 0 radical (unpaired) electrons. The van der Waals surface area contributed by atoms with Gasteiger partial charge in [-0.15, -0.1) is 0 Å². The number of hydrogen-bond donors (Lipinski definition) is 2. The van der Waals surface area contributed by atoms with E-state index in [2.05, 4.69) is 5.32 Å². The number of fused-ring (bicyclic) bond motifs is 1. The van der Waals surface area contributed by atoms with Crippen LogP contribution in [0.4, 0.5) is 4.79 Å². The summed E-state index contributed by atoms with van der Waals surface area (Å²) in [5.41, 5.74) is 0. The Bertz CT molecular complexity index is 246. The van der Waals surface area contributed by atoms with E-state index >= 15 is 0 Å². The van der Waals surface area contributed by atoms with Crippen molar-refractivity contribution in [1.82, 2.24) is 10.2 Å². The number of rotatable bonds is 3. The van der Waals surface area contributed by atoms with Crippen molar-refractivity contribution in [2.45, 2.75) is 18.6 Å². The van der Waals surface area contributed by atoms with Gasteiger partial charge in [0.25, 0.3) is 5.91 Å². The molecule has 0 spiro atoms. The molecule has 0 saturated carbocycles. The molecule has 14 heavy (non-hydrogen) atoms. The maximum absolute atomic E-state index is 11.2. The third kappa shape index (κ3) is 1.46. The van der Waals surface area contributed by atoms with Crippen LogP contribution in [0.3, 0.4) is 0 Å². The van der Waals surface area contributed by atoms with E-state index in [1.54, 1.807) is 0 Å². The first-order valence-corrected chi connectivity index (χ1v) is 4.56. The Morgan fingerprint density at radius 2 is 2.36 bits per heavy atom. The number of carbonyl (C=O) groups excluding carboxylic acids is 2. The molecule has 2 rings (SSSR count). The number of imide groups is 1. The molecular formula is C8H12N2O4. The van der Waals surface area contributed by atoms with Crippen LogP contribution < -0.4 is 5.32 Å². The Labute approximate surface area is 80.8 Å².